The minimum absolute atomic E-state index is 0.0186. The number of hydrogen-bond acceptors (Lipinski definition) is 14. The molecule has 5 atom stereocenters. The van der Waals surface area contributed by atoms with Crippen molar-refractivity contribution in [2.24, 2.45) is 0 Å². The zero-order valence-electron chi connectivity index (χ0n) is 69.1. The van der Waals surface area contributed by atoms with Crippen molar-refractivity contribution in [2.45, 2.75) is 334 Å². The third kappa shape index (κ3) is 85.1. The molecule has 0 aliphatic rings. The van der Waals surface area contributed by atoms with Crippen LogP contribution in [0.15, 0.2) is 194 Å². The molecule has 630 valence electrons. The molecular formula is C93H152O16P2. The molecule has 0 aliphatic carbocycles. The summed E-state index contributed by atoms with van der Waals surface area (Å²) in [4.78, 5) is 58.8. The number of rotatable bonds is 79. The first-order chi connectivity index (χ1) is 54.2. The number of hydrogen-bond donors (Lipinski definition) is 4. The average molecular weight is 1590 g/mol. The predicted octanol–water partition coefficient (Wildman–Crippen LogP) is 25.9. The monoisotopic (exact) mass is 1590 g/mol. The van der Waals surface area contributed by atoms with Gasteiger partial charge in [0.2, 0.25) is 0 Å². The minimum Gasteiger partial charge on any atom is -0.463 e. The van der Waals surface area contributed by atoms with Gasteiger partial charge in [-0.1, -0.05) is 337 Å². The van der Waals surface area contributed by atoms with E-state index in [9.17, 15) is 43.5 Å². The Morgan fingerprint density at radius 2 is 0.459 bits per heavy atom. The van der Waals surface area contributed by atoms with E-state index >= 15 is 0 Å². The van der Waals surface area contributed by atoms with Crippen LogP contribution in [0.2, 0.25) is 0 Å². The Labute approximate surface area is 674 Å². The Morgan fingerprint density at radius 1 is 0.252 bits per heavy atom. The van der Waals surface area contributed by atoms with E-state index in [4.69, 9.17) is 32.3 Å². The van der Waals surface area contributed by atoms with Crippen molar-refractivity contribution in [3.8, 4) is 0 Å². The van der Waals surface area contributed by atoms with Gasteiger partial charge < -0.3 is 34.2 Å². The topological polar surface area (TPSA) is 231 Å². The minimum atomic E-state index is -4.96. The largest absolute Gasteiger partial charge is 0.472 e. The quantitative estimate of drug-likeness (QED) is 0.0146. The van der Waals surface area contributed by atoms with Crippen molar-refractivity contribution in [3.05, 3.63) is 194 Å². The Balaban J connectivity index is 4.56. The summed E-state index contributed by atoms with van der Waals surface area (Å²) in [5.74, 6) is -1.66. The van der Waals surface area contributed by atoms with Crippen LogP contribution in [-0.2, 0) is 55.8 Å². The number of phosphoric ester groups is 2. The Bertz CT molecular complexity index is 2800. The smallest absolute Gasteiger partial charge is 0.463 e. The zero-order valence-corrected chi connectivity index (χ0v) is 70.8. The first-order valence-electron chi connectivity index (χ1n) is 42.7. The van der Waals surface area contributed by atoms with E-state index in [-0.39, 0.29) is 19.3 Å². The van der Waals surface area contributed by atoms with Gasteiger partial charge >= 0.3 is 33.6 Å². The molecule has 0 saturated heterocycles. The third-order valence-electron chi connectivity index (χ3n) is 17.3. The highest BCUT2D eigenvalue weighted by Gasteiger charge is 2.29. The second-order valence-electron chi connectivity index (χ2n) is 27.8. The first-order valence-corrected chi connectivity index (χ1v) is 45.7. The van der Waals surface area contributed by atoms with Crippen LogP contribution in [0.5, 0.6) is 0 Å². The molecule has 0 bridgehead atoms. The van der Waals surface area contributed by atoms with E-state index in [2.05, 4.69) is 203 Å². The molecule has 0 saturated carbocycles. The van der Waals surface area contributed by atoms with E-state index in [0.717, 1.165) is 161 Å². The molecule has 0 aromatic heterocycles. The van der Waals surface area contributed by atoms with Crippen LogP contribution >= 0.6 is 15.6 Å². The molecule has 5 unspecified atom stereocenters. The maximum absolute atomic E-state index is 13.0. The lowest BCUT2D eigenvalue weighted by molar-refractivity contribution is -0.161. The Morgan fingerprint density at radius 3 is 0.739 bits per heavy atom. The van der Waals surface area contributed by atoms with Gasteiger partial charge in [0.05, 0.1) is 26.4 Å². The van der Waals surface area contributed by atoms with Gasteiger partial charge in [0.1, 0.15) is 25.4 Å². The Hall–Kier alpha value is -5.61. The SMILES string of the molecule is CC/C=C\C/C=C\C/C=C\C/C=C\C/C=C\C/C=C\CCCCCCCCCCCCCCCCC(=O)OCC(O)COP(=O)(O)OCC(O)COP(=O)(O)OCC(COC(=O)CCCCCCCCCCC/C=C\C/C=C\C/C=C\C/C=C\C/C=C\CC)OC(=O)CCC/C=C\C/C=C\C/C=C\C/C=C\C/C=C\CC. The number of aliphatic hydroxyl groups excluding tert-OH is 2. The molecule has 111 heavy (non-hydrogen) atoms. The zero-order chi connectivity index (χ0) is 80.8. The van der Waals surface area contributed by atoms with Gasteiger partial charge in [-0.3, -0.25) is 32.5 Å². The van der Waals surface area contributed by atoms with Gasteiger partial charge in [0.15, 0.2) is 6.10 Å². The number of esters is 3. The molecule has 0 amide bonds. The number of carbonyl (C=O) groups is 3. The van der Waals surface area contributed by atoms with Gasteiger partial charge in [-0.05, 0) is 154 Å². The summed E-state index contributed by atoms with van der Waals surface area (Å²) in [7, 11) is -9.83. The van der Waals surface area contributed by atoms with Crippen molar-refractivity contribution in [2.75, 3.05) is 39.6 Å². The standard InChI is InChI=1S/C93H152O16P2/c1-4-7-10-13-16-19-22-25-28-31-33-35-37-39-40-41-42-43-44-45-46-48-50-51-53-56-58-61-64-67-70-73-76-79-91(96)103-82-88(94)83-105-110(99,100)106-84-89(95)85-107-111(101,102)108-87-90(109-93(98)81-78-75-72-69-66-63-60-55-30-27-24-21-18-15-12-9-6-3)86-104-92(97)80-77-74-71-68-65-62-59-57-54-52-49-47-38-36-34-32-29-26-23-20-17-14-11-8-5-2/h7-12,16-21,25-30,33-36,39-40,42-43,47,49,60,63,69,72,88-90,94-95H,4-6,13-15,22-24,31-32,37-38,41,44-46,48,50-59,61-62,64-68,70-71,73-87H2,1-3H3,(H,99,100)(H,101,102)/b10-7-,11-8-,12-9-,19-16-,20-17-,21-18-,28-25-,29-26-,30-27-,35-33-,36-34-,40-39-,43-42-,49-47-,63-60-,72-69-. The predicted molar refractivity (Wildman–Crippen MR) is 463 cm³/mol. The number of ether oxygens (including phenoxy) is 3. The third-order valence-corrected chi connectivity index (χ3v) is 19.2. The van der Waals surface area contributed by atoms with E-state index in [1.54, 1.807) is 0 Å². The molecule has 0 aliphatic heterocycles. The average Bonchev–Trinajstić information content (AvgIpc) is 0.901. The molecule has 0 radical (unpaired) electrons. The maximum atomic E-state index is 13.0. The molecule has 0 heterocycles. The normalized spacial score (nSPS) is 14.8. The van der Waals surface area contributed by atoms with Gasteiger partial charge in [0, 0.05) is 19.3 Å². The lowest BCUT2D eigenvalue weighted by Gasteiger charge is -2.21. The highest BCUT2D eigenvalue weighted by molar-refractivity contribution is 7.47. The van der Waals surface area contributed by atoms with Crippen molar-refractivity contribution < 1.29 is 75.8 Å². The highest BCUT2D eigenvalue weighted by atomic mass is 31.2. The summed E-state index contributed by atoms with van der Waals surface area (Å²) in [5, 5.41) is 20.7. The molecule has 16 nitrogen and oxygen atoms in total. The lowest BCUT2D eigenvalue weighted by Crippen LogP contribution is -2.30. The fourth-order valence-electron chi connectivity index (χ4n) is 10.9. The van der Waals surface area contributed by atoms with Crippen LogP contribution in [0.1, 0.15) is 316 Å². The number of phosphoric acid groups is 2. The van der Waals surface area contributed by atoms with Crippen molar-refractivity contribution in [3.63, 3.8) is 0 Å². The number of unbranched alkanes of at least 4 members (excludes halogenated alkanes) is 24. The van der Waals surface area contributed by atoms with Crippen LogP contribution in [0, 0.1) is 0 Å². The second-order valence-corrected chi connectivity index (χ2v) is 30.7. The molecule has 0 aromatic carbocycles. The fourth-order valence-corrected chi connectivity index (χ4v) is 12.5. The fraction of sp³-hybridized carbons (Fsp3) is 0.624. The molecule has 0 aromatic rings. The summed E-state index contributed by atoms with van der Waals surface area (Å²) in [5.41, 5.74) is 0. The van der Waals surface area contributed by atoms with E-state index in [1.807, 2.05) is 12.2 Å². The van der Waals surface area contributed by atoms with Gasteiger partial charge in [-0.2, -0.15) is 0 Å². The van der Waals surface area contributed by atoms with E-state index in [0.29, 0.717) is 25.7 Å². The van der Waals surface area contributed by atoms with E-state index < -0.39 is 91.5 Å². The molecule has 0 spiro atoms. The summed E-state index contributed by atoms with van der Waals surface area (Å²) in [6, 6.07) is 0. The highest BCUT2D eigenvalue weighted by Crippen LogP contribution is 2.45. The van der Waals surface area contributed by atoms with E-state index in [1.165, 1.54) is 89.9 Å². The summed E-state index contributed by atoms with van der Waals surface area (Å²) in [6.07, 6.45) is 111. The van der Waals surface area contributed by atoms with Crippen molar-refractivity contribution in [1.29, 1.82) is 0 Å². The van der Waals surface area contributed by atoms with Gasteiger partial charge in [-0.25, -0.2) is 9.13 Å². The van der Waals surface area contributed by atoms with Crippen LogP contribution in [0.25, 0.3) is 0 Å². The Kier molecular flexibility index (Phi) is 79.6. The number of carbonyl (C=O) groups excluding carboxylic acids is 3. The second kappa shape index (κ2) is 83.8. The summed E-state index contributed by atoms with van der Waals surface area (Å²) >= 11 is 0. The summed E-state index contributed by atoms with van der Waals surface area (Å²) in [6.45, 7) is 2.26. The first kappa shape index (κ1) is 105. The van der Waals surface area contributed by atoms with Crippen molar-refractivity contribution in [1.82, 2.24) is 0 Å². The molecular weight excluding hydrogens is 1430 g/mol. The molecule has 4 N–H and O–H groups in total. The van der Waals surface area contributed by atoms with Crippen LogP contribution in [0.3, 0.4) is 0 Å². The van der Waals surface area contributed by atoms with Crippen molar-refractivity contribution >= 4 is 33.6 Å². The molecule has 18 heteroatoms. The van der Waals surface area contributed by atoms with Gasteiger partial charge in [-0.15, -0.1) is 0 Å². The summed E-state index contributed by atoms with van der Waals surface area (Å²) < 4.78 is 61.2. The van der Waals surface area contributed by atoms with Gasteiger partial charge in [0.25, 0.3) is 0 Å². The molecule has 0 fully saturated rings. The van der Waals surface area contributed by atoms with Crippen LogP contribution in [0.4, 0.5) is 0 Å². The molecule has 0 rings (SSSR count). The van der Waals surface area contributed by atoms with Crippen LogP contribution < -0.4 is 0 Å². The van der Waals surface area contributed by atoms with Crippen LogP contribution in [-0.4, -0.2) is 95.9 Å². The maximum Gasteiger partial charge on any atom is 0.472 e. The number of allylic oxidation sites excluding steroid dienone is 32. The lowest BCUT2D eigenvalue weighted by atomic mass is 10.0. The number of aliphatic hydroxyl groups is 2.